The smallest absolute Gasteiger partial charge is 0.243 e. The molecule has 3 aromatic rings. The molecule has 0 spiro atoms. The van der Waals surface area contributed by atoms with Crippen molar-refractivity contribution in [1.29, 1.82) is 16.2 Å². The number of nitrogens with one attached hydrogen (secondary N) is 3. The van der Waals surface area contributed by atoms with Crippen molar-refractivity contribution in [3.63, 3.8) is 0 Å². The molecule has 0 aliphatic heterocycles. The molecule has 11 nitrogen and oxygen atoms in total. The number of anilines is 2. The fourth-order valence-electron chi connectivity index (χ4n) is 4.72. The van der Waals surface area contributed by atoms with Crippen LogP contribution in [0.1, 0.15) is 35.1 Å². The number of carbonyl (C=O) groups excluding carboxylic acids is 1. The van der Waals surface area contributed by atoms with Gasteiger partial charge in [0, 0.05) is 60.0 Å². The second kappa shape index (κ2) is 12.2. The van der Waals surface area contributed by atoms with Gasteiger partial charge in [-0.25, -0.2) is 10.8 Å². The molecular formula is C28H36N10O. The lowest BCUT2D eigenvalue weighted by atomic mass is 9.83. The summed E-state index contributed by atoms with van der Waals surface area (Å²) in [6, 6.07) is 9.20. The molecule has 11 heteroatoms. The molecule has 4 rings (SSSR count). The Balaban J connectivity index is 0.00000205. The van der Waals surface area contributed by atoms with E-state index < -0.39 is 0 Å². The number of hydrogen-bond acceptors (Lipinski definition) is 10. The number of hydrazine groups is 1. The van der Waals surface area contributed by atoms with Gasteiger partial charge < -0.3 is 37.9 Å². The van der Waals surface area contributed by atoms with Crippen LogP contribution in [-0.2, 0) is 17.6 Å². The summed E-state index contributed by atoms with van der Waals surface area (Å²) in [4.78, 5) is 18.4. The lowest BCUT2D eigenvalue weighted by Gasteiger charge is -2.24. The van der Waals surface area contributed by atoms with Gasteiger partial charge in [0.1, 0.15) is 6.54 Å². The molecule has 0 atom stereocenters. The summed E-state index contributed by atoms with van der Waals surface area (Å²) in [6.07, 6.45) is 6.32. The van der Waals surface area contributed by atoms with Gasteiger partial charge in [0.2, 0.25) is 5.91 Å². The predicted octanol–water partition coefficient (Wildman–Crippen LogP) is 2.64. The number of benzene rings is 2. The first-order chi connectivity index (χ1) is 18.6. The number of hydrogen-bond donors (Lipinski definition) is 7. The Morgan fingerprint density at radius 2 is 1.72 bits per heavy atom. The largest absolute Gasteiger partial charge is 0.398 e. The highest BCUT2D eigenvalue weighted by Gasteiger charge is 2.24. The molecule has 1 aromatic heterocycles. The molecule has 0 unspecified atom stereocenters. The highest BCUT2D eigenvalue weighted by atomic mass is 16.2. The normalized spacial score (nSPS) is 12.6. The van der Waals surface area contributed by atoms with Crippen molar-refractivity contribution in [1.82, 2.24) is 14.9 Å². The number of likely N-dealkylation sites (N-methyl/N-ethyl adjacent to an activating group) is 1. The Morgan fingerprint density at radius 1 is 1.08 bits per heavy atom. The number of nitrogens with zero attached hydrogens (tertiary/aromatic N) is 3. The molecule has 0 saturated carbocycles. The van der Waals surface area contributed by atoms with Crippen LogP contribution < -0.4 is 23.0 Å². The average molecular weight is 529 g/mol. The number of rotatable bonds is 7. The number of fused-ring (bicyclic) bond motifs is 3. The topological polar surface area (TPSA) is 212 Å². The third-order valence-electron chi connectivity index (χ3n) is 6.68. The minimum absolute atomic E-state index is 0.0248. The lowest BCUT2D eigenvalue weighted by molar-refractivity contribution is -0.129. The Kier molecular flexibility index (Phi) is 9.00. The number of nitrogen functional groups attached to an aromatic ring is 2. The first-order valence-corrected chi connectivity index (χ1v) is 12.4. The number of aromatic nitrogens is 1. The quantitative estimate of drug-likeness (QED) is 0.105. The molecule has 0 bridgehead atoms. The molecule has 0 fully saturated rings. The predicted molar refractivity (Wildman–Crippen MR) is 159 cm³/mol. The second-order valence-corrected chi connectivity index (χ2v) is 9.46. The third-order valence-corrected chi connectivity index (χ3v) is 6.68. The Bertz CT molecular complexity index is 1460. The van der Waals surface area contributed by atoms with E-state index in [0.29, 0.717) is 28.0 Å². The number of pyridine rings is 1. The maximum absolute atomic E-state index is 12.0. The van der Waals surface area contributed by atoms with Crippen LogP contribution in [0.5, 0.6) is 0 Å². The van der Waals surface area contributed by atoms with Crippen LogP contribution in [0.2, 0.25) is 0 Å². The fraction of sp³-hybridized carbons (Fsp3) is 0.250. The van der Waals surface area contributed by atoms with Crippen LogP contribution in [-0.4, -0.2) is 60.1 Å². The van der Waals surface area contributed by atoms with E-state index in [9.17, 15) is 4.79 Å². The summed E-state index contributed by atoms with van der Waals surface area (Å²) in [5.74, 6) is 5.78. The van der Waals surface area contributed by atoms with Gasteiger partial charge in [-0.3, -0.25) is 10.2 Å². The van der Waals surface area contributed by atoms with Gasteiger partial charge in [-0.1, -0.05) is 6.07 Å². The van der Waals surface area contributed by atoms with Crippen LogP contribution in [0.3, 0.4) is 0 Å². The van der Waals surface area contributed by atoms with Gasteiger partial charge in [-0.2, -0.15) is 0 Å². The summed E-state index contributed by atoms with van der Waals surface area (Å²) in [7, 11) is 3.28. The maximum Gasteiger partial charge on any atom is 0.243 e. The molecule has 0 radical (unpaired) electrons. The van der Waals surface area contributed by atoms with Crippen molar-refractivity contribution in [2.24, 2.45) is 11.6 Å². The number of amides is 1. The van der Waals surface area contributed by atoms with E-state index in [-0.39, 0.29) is 23.9 Å². The number of aryl methyl sites for hydroxylation is 1. The van der Waals surface area contributed by atoms with E-state index in [2.05, 4.69) is 6.72 Å². The molecule has 11 N–H and O–H groups in total. The van der Waals surface area contributed by atoms with E-state index in [1.807, 2.05) is 18.2 Å². The first-order valence-electron chi connectivity index (χ1n) is 12.4. The van der Waals surface area contributed by atoms with Crippen molar-refractivity contribution >= 4 is 46.8 Å². The zero-order valence-electron chi connectivity index (χ0n) is 22.3. The van der Waals surface area contributed by atoms with Gasteiger partial charge in [0.15, 0.2) is 0 Å². The van der Waals surface area contributed by atoms with Crippen molar-refractivity contribution in [3.8, 4) is 11.3 Å². The maximum atomic E-state index is 12.0. The zero-order chi connectivity index (χ0) is 28.9. The molecule has 1 aliphatic rings. The summed E-state index contributed by atoms with van der Waals surface area (Å²) in [6.45, 7) is 2.42. The second-order valence-electron chi connectivity index (χ2n) is 9.46. The first kappa shape index (κ1) is 28.8. The SMILES string of the molecule is C=N.CN(C)C(=O)CN(N)/C=C(\N)C(=N)c1c(N)ccc2nc(-c3ccc(N)c(C=N)c3)c3c(c12)CCCC3. The van der Waals surface area contributed by atoms with Crippen molar-refractivity contribution in [2.45, 2.75) is 25.7 Å². The Labute approximate surface area is 228 Å². The molecular weight excluding hydrogens is 492 g/mol. The summed E-state index contributed by atoms with van der Waals surface area (Å²) < 4.78 is 0. The third kappa shape index (κ3) is 5.88. The molecule has 0 saturated heterocycles. The van der Waals surface area contributed by atoms with Gasteiger partial charge in [0.05, 0.1) is 22.6 Å². The van der Waals surface area contributed by atoms with Crippen LogP contribution in [0, 0.1) is 16.2 Å². The minimum atomic E-state index is -0.192. The monoisotopic (exact) mass is 528 g/mol. The highest BCUT2D eigenvalue weighted by molar-refractivity contribution is 6.21. The van der Waals surface area contributed by atoms with Crippen LogP contribution in [0.15, 0.2) is 42.2 Å². The summed E-state index contributed by atoms with van der Waals surface area (Å²) >= 11 is 0. The van der Waals surface area contributed by atoms with E-state index in [4.69, 9.17) is 44.3 Å². The molecule has 2 aromatic carbocycles. The van der Waals surface area contributed by atoms with Crippen molar-refractivity contribution < 1.29 is 4.79 Å². The van der Waals surface area contributed by atoms with Crippen molar-refractivity contribution in [2.75, 3.05) is 32.1 Å². The highest BCUT2D eigenvalue weighted by Crippen LogP contribution is 2.38. The zero-order valence-corrected chi connectivity index (χ0v) is 22.3. The number of allylic oxidation sites excluding steroid dienone is 1. The number of carbonyl (C=O) groups is 1. The van der Waals surface area contributed by atoms with Crippen molar-refractivity contribution in [3.05, 3.63) is 64.5 Å². The van der Waals surface area contributed by atoms with Crippen LogP contribution in [0.4, 0.5) is 11.4 Å². The summed E-state index contributed by atoms with van der Waals surface area (Å²) in [5.41, 5.74) is 25.6. The van der Waals surface area contributed by atoms with E-state index in [0.717, 1.165) is 53.5 Å². The van der Waals surface area contributed by atoms with Crippen LogP contribution >= 0.6 is 0 Å². The van der Waals surface area contributed by atoms with Gasteiger partial charge >= 0.3 is 0 Å². The van der Waals surface area contributed by atoms with E-state index in [1.54, 1.807) is 26.2 Å². The van der Waals surface area contributed by atoms with Gasteiger partial charge in [-0.15, -0.1) is 0 Å². The van der Waals surface area contributed by atoms with E-state index >= 15 is 0 Å². The Morgan fingerprint density at radius 3 is 2.36 bits per heavy atom. The molecule has 1 heterocycles. The molecule has 39 heavy (non-hydrogen) atoms. The van der Waals surface area contributed by atoms with Crippen LogP contribution in [0.25, 0.3) is 22.2 Å². The van der Waals surface area contributed by atoms with Gasteiger partial charge in [-0.05, 0) is 67.8 Å². The molecule has 1 amide bonds. The Hall–Kier alpha value is -4.77. The van der Waals surface area contributed by atoms with Gasteiger partial charge in [0.25, 0.3) is 0 Å². The molecule has 204 valence electrons. The standard InChI is InChI=1S/C27H33N9O.CH3N/c1-35(2)23(37)14-36(33)13-21(31)26(32)25-20(30)9-10-22-24(25)17-5-3-4-6-18(17)27(34-22)15-7-8-19(29)16(11-15)12-28;1-2/h7-13,28,32H,3-6,14,29-31,33H2,1-2H3;2H,1H2/b21-13-,28-12?,32-26?;. The average Bonchev–Trinajstić information content (AvgIpc) is 2.93. The van der Waals surface area contributed by atoms with E-state index in [1.165, 1.54) is 22.3 Å². The summed E-state index contributed by atoms with van der Waals surface area (Å²) in [5, 5.41) is 24.1. The number of nitrogens with two attached hydrogens (primary N) is 4. The minimum Gasteiger partial charge on any atom is -0.398 e. The lowest BCUT2D eigenvalue weighted by Crippen LogP contribution is -2.38. The molecule has 1 aliphatic carbocycles. The fourth-order valence-corrected chi connectivity index (χ4v) is 4.72.